The van der Waals surface area contributed by atoms with Gasteiger partial charge in [-0.05, 0) is 37.7 Å². The first-order valence-electron chi connectivity index (χ1n) is 6.11. The molecular weight excluding hydrogens is 270 g/mol. The predicted molar refractivity (Wildman–Crippen MR) is 71.8 cm³/mol. The van der Waals surface area contributed by atoms with Crippen LogP contribution in [0.25, 0.3) is 0 Å². The van der Waals surface area contributed by atoms with Gasteiger partial charge in [0.05, 0.1) is 6.61 Å². The smallest absolute Gasteiger partial charge is 0.323 e. The third-order valence-electron chi connectivity index (χ3n) is 2.56. The van der Waals surface area contributed by atoms with Crippen LogP contribution in [0.3, 0.4) is 0 Å². The van der Waals surface area contributed by atoms with E-state index in [4.69, 9.17) is 4.74 Å². The van der Waals surface area contributed by atoms with Crippen molar-refractivity contribution in [2.75, 3.05) is 12.4 Å². The molecule has 1 aromatic rings. The van der Waals surface area contributed by atoms with Crippen molar-refractivity contribution in [1.82, 2.24) is 14.7 Å². The lowest BCUT2D eigenvalue weighted by Gasteiger charge is -2.16. The van der Waals surface area contributed by atoms with Gasteiger partial charge in [-0.1, -0.05) is 11.8 Å². The summed E-state index contributed by atoms with van der Waals surface area (Å²) in [5.74, 6) is 0.709. The van der Waals surface area contributed by atoms with Crippen LogP contribution in [0.15, 0.2) is 10.7 Å². The number of esters is 1. The highest BCUT2D eigenvalue weighted by atomic mass is 32.2. The van der Waals surface area contributed by atoms with Crippen LogP contribution >= 0.6 is 23.3 Å². The van der Waals surface area contributed by atoms with Crippen molar-refractivity contribution >= 4 is 29.3 Å². The van der Waals surface area contributed by atoms with E-state index in [2.05, 4.69) is 14.7 Å². The SMILES string of the molecule is CCOC(=O)C(CCSc1ncns1)NC1CC1. The zero-order chi connectivity index (χ0) is 12.8. The Morgan fingerprint density at radius 2 is 2.56 bits per heavy atom. The number of hydrogen-bond donors (Lipinski definition) is 1. The summed E-state index contributed by atoms with van der Waals surface area (Å²) in [7, 11) is 0. The number of ether oxygens (including phenoxy) is 1. The van der Waals surface area contributed by atoms with E-state index >= 15 is 0 Å². The van der Waals surface area contributed by atoms with Crippen molar-refractivity contribution in [1.29, 1.82) is 0 Å². The standard InChI is InChI=1S/C11H17N3O2S2/c1-2-16-10(15)9(14-8-3-4-8)5-6-17-11-12-7-13-18-11/h7-9,14H,2-6H2,1H3. The molecule has 1 heterocycles. The summed E-state index contributed by atoms with van der Waals surface area (Å²) in [6.45, 7) is 2.27. The number of thioether (sulfide) groups is 1. The van der Waals surface area contributed by atoms with E-state index < -0.39 is 0 Å². The highest BCUT2D eigenvalue weighted by Gasteiger charge is 2.28. The maximum Gasteiger partial charge on any atom is 0.323 e. The second kappa shape index (κ2) is 7.06. The second-order valence-electron chi connectivity index (χ2n) is 4.09. The van der Waals surface area contributed by atoms with Gasteiger partial charge < -0.3 is 10.1 Å². The third kappa shape index (κ3) is 4.55. The van der Waals surface area contributed by atoms with E-state index in [1.807, 2.05) is 6.92 Å². The zero-order valence-corrected chi connectivity index (χ0v) is 11.9. The molecule has 0 bridgehead atoms. The average Bonchev–Trinajstić information content (AvgIpc) is 3.02. The largest absolute Gasteiger partial charge is 0.465 e. The maximum atomic E-state index is 11.8. The number of carbonyl (C=O) groups is 1. The first kappa shape index (κ1) is 13.8. The van der Waals surface area contributed by atoms with Gasteiger partial charge in [0.15, 0.2) is 4.34 Å². The van der Waals surface area contributed by atoms with Crippen LogP contribution in [0.2, 0.25) is 0 Å². The zero-order valence-electron chi connectivity index (χ0n) is 10.3. The van der Waals surface area contributed by atoms with E-state index in [0.29, 0.717) is 12.6 Å². The monoisotopic (exact) mass is 287 g/mol. The normalized spacial score (nSPS) is 16.5. The van der Waals surface area contributed by atoms with Crippen LogP contribution in [0, 0.1) is 0 Å². The van der Waals surface area contributed by atoms with Gasteiger partial charge in [0.2, 0.25) is 0 Å². The number of hydrogen-bond acceptors (Lipinski definition) is 7. The fourth-order valence-electron chi connectivity index (χ4n) is 1.54. The lowest BCUT2D eigenvalue weighted by Crippen LogP contribution is -2.39. The molecule has 18 heavy (non-hydrogen) atoms. The van der Waals surface area contributed by atoms with Crippen molar-refractivity contribution in [3.05, 3.63) is 6.33 Å². The van der Waals surface area contributed by atoms with Gasteiger partial charge >= 0.3 is 5.97 Å². The molecule has 1 fully saturated rings. The Bertz CT molecular complexity index is 368. The van der Waals surface area contributed by atoms with E-state index in [9.17, 15) is 4.79 Å². The topological polar surface area (TPSA) is 64.1 Å². The van der Waals surface area contributed by atoms with Gasteiger partial charge in [-0.25, -0.2) is 4.98 Å². The number of rotatable bonds is 8. The maximum absolute atomic E-state index is 11.8. The molecule has 1 aliphatic carbocycles. The minimum atomic E-state index is -0.183. The molecule has 2 rings (SSSR count). The molecule has 1 saturated carbocycles. The van der Waals surface area contributed by atoms with Crippen LogP contribution in [0.1, 0.15) is 26.2 Å². The minimum Gasteiger partial charge on any atom is -0.465 e. The Morgan fingerprint density at radius 3 is 3.17 bits per heavy atom. The van der Waals surface area contributed by atoms with Crippen molar-refractivity contribution in [3.8, 4) is 0 Å². The average molecular weight is 287 g/mol. The molecule has 100 valence electrons. The summed E-state index contributed by atoms with van der Waals surface area (Å²) in [5.41, 5.74) is 0. The number of nitrogens with one attached hydrogen (secondary N) is 1. The van der Waals surface area contributed by atoms with Crippen LogP contribution in [-0.2, 0) is 9.53 Å². The fourth-order valence-corrected chi connectivity index (χ4v) is 3.06. The predicted octanol–water partition coefficient (Wildman–Crippen LogP) is 1.70. The molecule has 5 nitrogen and oxygen atoms in total. The second-order valence-corrected chi connectivity index (χ2v) is 6.21. The fraction of sp³-hybridized carbons (Fsp3) is 0.727. The summed E-state index contributed by atoms with van der Waals surface area (Å²) in [4.78, 5) is 15.9. The molecule has 0 saturated heterocycles. The highest BCUT2D eigenvalue weighted by Crippen LogP contribution is 2.23. The van der Waals surface area contributed by atoms with Crippen molar-refractivity contribution in [2.24, 2.45) is 0 Å². The Balaban J connectivity index is 1.74. The van der Waals surface area contributed by atoms with E-state index in [-0.39, 0.29) is 12.0 Å². The van der Waals surface area contributed by atoms with Gasteiger partial charge in [0, 0.05) is 11.8 Å². The Kier molecular flexibility index (Phi) is 5.40. The molecule has 1 aromatic heterocycles. The van der Waals surface area contributed by atoms with Gasteiger partial charge in [-0.2, -0.15) is 4.37 Å². The van der Waals surface area contributed by atoms with Crippen molar-refractivity contribution in [3.63, 3.8) is 0 Å². The quantitative estimate of drug-likeness (QED) is 0.580. The summed E-state index contributed by atoms with van der Waals surface area (Å²) in [6.07, 6.45) is 4.65. The van der Waals surface area contributed by atoms with Crippen LogP contribution in [0.5, 0.6) is 0 Å². The van der Waals surface area contributed by atoms with Gasteiger partial charge in [0.1, 0.15) is 12.4 Å². The molecule has 0 aliphatic heterocycles. The third-order valence-corrected chi connectivity index (χ3v) is 4.39. The number of carbonyl (C=O) groups excluding carboxylic acids is 1. The van der Waals surface area contributed by atoms with Gasteiger partial charge in [-0.3, -0.25) is 4.79 Å². The highest BCUT2D eigenvalue weighted by molar-refractivity contribution is 8.00. The Labute approximate surface area is 115 Å². The lowest BCUT2D eigenvalue weighted by atomic mass is 10.2. The van der Waals surface area contributed by atoms with E-state index in [1.54, 1.807) is 18.1 Å². The van der Waals surface area contributed by atoms with E-state index in [1.165, 1.54) is 24.4 Å². The molecule has 1 atom stereocenters. The van der Waals surface area contributed by atoms with Crippen LogP contribution < -0.4 is 5.32 Å². The van der Waals surface area contributed by atoms with Crippen LogP contribution in [-0.4, -0.2) is 39.8 Å². The molecule has 0 spiro atoms. The summed E-state index contributed by atoms with van der Waals surface area (Å²) in [5, 5.41) is 3.34. The van der Waals surface area contributed by atoms with E-state index in [0.717, 1.165) is 16.5 Å². The lowest BCUT2D eigenvalue weighted by molar-refractivity contribution is -0.145. The van der Waals surface area contributed by atoms with Crippen molar-refractivity contribution in [2.45, 2.75) is 42.6 Å². The molecule has 7 heteroatoms. The van der Waals surface area contributed by atoms with Crippen LogP contribution in [0.4, 0.5) is 0 Å². The molecule has 1 aliphatic rings. The number of nitrogens with zero attached hydrogens (tertiary/aromatic N) is 2. The first-order chi connectivity index (χ1) is 8.79. The molecule has 0 aromatic carbocycles. The summed E-state index contributed by atoms with van der Waals surface area (Å²) in [6, 6.07) is 0.323. The molecule has 1 unspecified atom stereocenters. The minimum absolute atomic E-state index is 0.137. The summed E-state index contributed by atoms with van der Waals surface area (Å²) >= 11 is 3.02. The molecular formula is C11H17N3O2S2. The Morgan fingerprint density at radius 1 is 1.72 bits per heavy atom. The van der Waals surface area contributed by atoms with Crippen molar-refractivity contribution < 1.29 is 9.53 Å². The molecule has 0 amide bonds. The summed E-state index contributed by atoms with van der Waals surface area (Å²) < 4.78 is 9.98. The molecule has 1 N–H and O–H groups in total. The van der Waals surface area contributed by atoms with Gasteiger partial charge in [0.25, 0.3) is 0 Å². The number of aromatic nitrogens is 2. The van der Waals surface area contributed by atoms with Gasteiger partial charge in [-0.15, -0.1) is 0 Å². The first-order valence-corrected chi connectivity index (χ1v) is 7.87. The molecule has 0 radical (unpaired) electrons. The Hall–Kier alpha value is -0.660.